The van der Waals surface area contributed by atoms with Crippen LogP contribution in [-0.4, -0.2) is 79.9 Å². The van der Waals surface area contributed by atoms with E-state index in [-0.39, 0.29) is 29.0 Å². The van der Waals surface area contributed by atoms with E-state index in [4.69, 9.17) is 33.2 Å². The summed E-state index contributed by atoms with van der Waals surface area (Å²) >= 11 is 0. The van der Waals surface area contributed by atoms with Crippen LogP contribution in [0.4, 0.5) is 0 Å². The monoisotopic (exact) mass is 734 g/mol. The molecule has 4 saturated carbocycles. The molecule has 13 atom stereocenters. The molecule has 52 heavy (non-hydrogen) atoms. The number of esters is 5. The standard InChI is InChI=1S/C40H62O12/c1-20(2)34(42)49-30-31(50-35(43)21(3)4)33(51-36(44)22(5)6)38(52-32(30)37(45)46-10)48-29-14-13-27-26-12-11-24-19-25(47-23(7)41)15-17-39(24,8)28(26)16-18-40(27,29)9/h20-22,24-33,38H,11-19H2,1-10H3/t24-,25+,26-,27-,28-,29-,30-,31-,32-,33+,38+,39-,40-/m0/s1. The summed E-state index contributed by atoms with van der Waals surface area (Å²) in [7, 11) is 1.20. The van der Waals surface area contributed by atoms with Crippen molar-refractivity contribution in [3.8, 4) is 0 Å². The van der Waals surface area contributed by atoms with Crippen LogP contribution in [0.25, 0.3) is 0 Å². The van der Waals surface area contributed by atoms with Gasteiger partial charge in [-0.3, -0.25) is 19.2 Å². The molecule has 0 aromatic heterocycles. The van der Waals surface area contributed by atoms with Crippen LogP contribution in [-0.2, 0) is 57.1 Å². The molecule has 0 amide bonds. The fourth-order valence-electron chi connectivity index (χ4n) is 10.3. The molecule has 1 aliphatic heterocycles. The molecular weight excluding hydrogens is 672 g/mol. The van der Waals surface area contributed by atoms with Crippen molar-refractivity contribution in [1.29, 1.82) is 0 Å². The Balaban J connectivity index is 1.43. The van der Waals surface area contributed by atoms with E-state index in [1.165, 1.54) is 14.0 Å². The fraction of sp³-hybridized carbons (Fsp3) is 0.875. The second kappa shape index (κ2) is 15.9. The van der Waals surface area contributed by atoms with Gasteiger partial charge in [0.05, 0.1) is 31.0 Å². The van der Waals surface area contributed by atoms with Gasteiger partial charge in [0.2, 0.25) is 0 Å². The van der Waals surface area contributed by atoms with Crippen molar-refractivity contribution < 1.29 is 57.1 Å². The first kappa shape index (κ1) is 40.5. The van der Waals surface area contributed by atoms with Crippen LogP contribution >= 0.6 is 0 Å². The number of carbonyl (C=O) groups excluding carboxylic acids is 5. The highest BCUT2D eigenvalue weighted by atomic mass is 16.7. The van der Waals surface area contributed by atoms with Gasteiger partial charge in [-0.25, -0.2) is 4.79 Å². The van der Waals surface area contributed by atoms with Crippen molar-refractivity contribution >= 4 is 29.8 Å². The van der Waals surface area contributed by atoms with Gasteiger partial charge in [-0.05, 0) is 92.3 Å². The van der Waals surface area contributed by atoms with Gasteiger partial charge in [-0.15, -0.1) is 0 Å². The van der Waals surface area contributed by atoms with Crippen molar-refractivity contribution in [3.05, 3.63) is 0 Å². The quantitative estimate of drug-likeness (QED) is 0.193. The Kier molecular flexibility index (Phi) is 12.4. The molecule has 5 aliphatic rings. The number of carbonyl (C=O) groups is 5. The molecule has 0 radical (unpaired) electrons. The molecule has 12 nitrogen and oxygen atoms in total. The van der Waals surface area contributed by atoms with Crippen molar-refractivity contribution in [3.63, 3.8) is 0 Å². The van der Waals surface area contributed by atoms with E-state index < -0.39 is 72.3 Å². The molecule has 1 heterocycles. The van der Waals surface area contributed by atoms with Crippen molar-refractivity contribution in [2.75, 3.05) is 7.11 Å². The Bertz CT molecular complexity index is 1340. The van der Waals surface area contributed by atoms with Crippen LogP contribution in [0.2, 0.25) is 0 Å². The summed E-state index contributed by atoms with van der Waals surface area (Å²) in [6.07, 6.45) is 1.48. The molecular formula is C40H62O12. The first-order valence-electron chi connectivity index (χ1n) is 19.6. The minimum absolute atomic E-state index is 0.00409. The smallest absolute Gasteiger partial charge is 0.339 e. The van der Waals surface area contributed by atoms with E-state index in [0.717, 1.165) is 57.8 Å². The summed E-state index contributed by atoms with van der Waals surface area (Å²) in [5.74, 6) is -2.57. The highest BCUT2D eigenvalue weighted by molar-refractivity contribution is 5.78. The van der Waals surface area contributed by atoms with E-state index in [1.54, 1.807) is 41.5 Å². The molecule has 1 saturated heterocycles. The lowest BCUT2D eigenvalue weighted by molar-refractivity contribution is -0.319. The average molecular weight is 735 g/mol. The van der Waals surface area contributed by atoms with Gasteiger partial charge in [0.25, 0.3) is 0 Å². The lowest BCUT2D eigenvalue weighted by Gasteiger charge is -2.61. The second-order valence-corrected chi connectivity index (χ2v) is 17.5. The molecule has 0 aromatic carbocycles. The summed E-state index contributed by atoms with van der Waals surface area (Å²) in [5.41, 5.74) is -0.0345. The van der Waals surface area contributed by atoms with Gasteiger partial charge in [-0.1, -0.05) is 55.4 Å². The van der Waals surface area contributed by atoms with E-state index in [2.05, 4.69) is 13.8 Å². The topological polar surface area (TPSA) is 150 Å². The van der Waals surface area contributed by atoms with Crippen LogP contribution < -0.4 is 0 Å². The molecule has 294 valence electrons. The lowest BCUT2D eigenvalue weighted by Crippen LogP contribution is -2.65. The molecule has 0 N–H and O–H groups in total. The van der Waals surface area contributed by atoms with Crippen molar-refractivity contribution in [1.82, 2.24) is 0 Å². The molecule has 12 heteroatoms. The van der Waals surface area contributed by atoms with Crippen LogP contribution in [0.5, 0.6) is 0 Å². The first-order valence-corrected chi connectivity index (χ1v) is 19.6. The summed E-state index contributed by atoms with van der Waals surface area (Å²) in [5, 5.41) is 0. The van der Waals surface area contributed by atoms with E-state index in [1.807, 2.05) is 0 Å². The van der Waals surface area contributed by atoms with Gasteiger partial charge < -0.3 is 33.2 Å². The molecule has 4 aliphatic carbocycles. The second-order valence-electron chi connectivity index (χ2n) is 17.5. The average Bonchev–Trinajstić information content (AvgIpc) is 3.41. The zero-order chi connectivity index (χ0) is 38.3. The Morgan fingerprint density at radius 2 is 1.21 bits per heavy atom. The van der Waals surface area contributed by atoms with E-state index in [0.29, 0.717) is 23.7 Å². The number of hydrogen-bond acceptors (Lipinski definition) is 12. The number of rotatable bonds is 10. The maximum absolute atomic E-state index is 13.3. The Hall–Kier alpha value is -2.73. The predicted molar refractivity (Wildman–Crippen MR) is 187 cm³/mol. The third kappa shape index (κ3) is 7.89. The van der Waals surface area contributed by atoms with Crippen LogP contribution in [0, 0.1) is 52.3 Å². The lowest BCUT2D eigenvalue weighted by atomic mass is 9.45. The molecule has 5 fully saturated rings. The Labute approximate surface area is 309 Å². The Morgan fingerprint density at radius 3 is 1.79 bits per heavy atom. The van der Waals surface area contributed by atoms with Crippen LogP contribution in [0.1, 0.15) is 120 Å². The predicted octanol–water partition coefficient (Wildman–Crippen LogP) is 5.95. The number of ether oxygens (including phenoxy) is 7. The molecule has 0 bridgehead atoms. The zero-order valence-electron chi connectivity index (χ0n) is 32.8. The molecule has 5 rings (SSSR count). The third-order valence-corrected chi connectivity index (χ3v) is 13.3. The van der Waals surface area contributed by atoms with Gasteiger partial charge >= 0.3 is 29.8 Å². The van der Waals surface area contributed by atoms with Gasteiger partial charge in [0, 0.05) is 6.92 Å². The van der Waals surface area contributed by atoms with Crippen LogP contribution in [0.3, 0.4) is 0 Å². The number of fused-ring (bicyclic) bond motifs is 5. The first-order chi connectivity index (χ1) is 24.4. The third-order valence-electron chi connectivity index (χ3n) is 13.3. The number of methoxy groups -OCH3 is 1. The van der Waals surface area contributed by atoms with Crippen LogP contribution in [0.15, 0.2) is 0 Å². The number of hydrogen-bond donors (Lipinski definition) is 0. The zero-order valence-corrected chi connectivity index (χ0v) is 32.8. The fourth-order valence-corrected chi connectivity index (χ4v) is 10.3. The largest absolute Gasteiger partial charge is 0.467 e. The maximum atomic E-state index is 13.3. The summed E-state index contributed by atoms with van der Waals surface area (Å²) in [6, 6.07) is 0. The van der Waals surface area contributed by atoms with E-state index in [9.17, 15) is 24.0 Å². The molecule has 0 unspecified atom stereocenters. The highest BCUT2D eigenvalue weighted by Crippen LogP contribution is 2.67. The van der Waals surface area contributed by atoms with Crippen molar-refractivity contribution in [2.24, 2.45) is 52.3 Å². The summed E-state index contributed by atoms with van der Waals surface area (Å²) in [6.45, 7) is 16.2. The SMILES string of the molecule is COC(=O)[C@H]1O[C@@H](O[C@H]2CC[C@H]3[C@@H]4CC[C@H]5C[C@H](OC(C)=O)CC[C@]5(C)[C@H]4CC[C@]23C)[C@H](OC(=O)C(C)C)[C@@H](OC(=O)C(C)C)[C@@H]1OC(=O)C(C)C. The normalized spacial score (nSPS) is 39.9. The Morgan fingerprint density at radius 1 is 0.654 bits per heavy atom. The van der Waals surface area contributed by atoms with E-state index >= 15 is 0 Å². The summed E-state index contributed by atoms with van der Waals surface area (Å²) < 4.78 is 41.8. The maximum Gasteiger partial charge on any atom is 0.339 e. The summed E-state index contributed by atoms with van der Waals surface area (Å²) in [4.78, 5) is 64.4. The van der Waals surface area contributed by atoms with Crippen molar-refractivity contribution in [2.45, 2.75) is 163 Å². The van der Waals surface area contributed by atoms with Gasteiger partial charge in [0.15, 0.2) is 30.7 Å². The minimum atomic E-state index is -1.50. The molecule has 0 spiro atoms. The molecule has 0 aromatic rings. The van der Waals surface area contributed by atoms with Gasteiger partial charge in [0.1, 0.15) is 6.10 Å². The minimum Gasteiger partial charge on any atom is -0.467 e. The van der Waals surface area contributed by atoms with Gasteiger partial charge in [-0.2, -0.15) is 0 Å². The highest BCUT2D eigenvalue weighted by Gasteiger charge is 2.63.